The number of hydrogen-bond donors (Lipinski definition) is 3. The summed E-state index contributed by atoms with van der Waals surface area (Å²) in [4.78, 5) is 26.5. The van der Waals surface area contributed by atoms with Crippen LogP contribution in [-0.2, 0) is 22.6 Å². The van der Waals surface area contributed by atoms with Crippen LogP contribution >= 0.6 is 11.6 Å². The molecule has 2 amide bonds. The van der Waals surface area contributed by atoms with Crippen molar-refractivity contribution in [3.63, 3.8) is 0 Å². The molecule has 1 saturated heterocycles. The zero-order valence-electron chi connectivity index (χ0n) is 20.0. The molecule has 0 aromatic heterocycles. The van der Waals surface area contributed by atoms with E-state index >= 15 is 0 Å². The van der Waals surface area contributed by atoms with Crippen molar-refractivity contribution < 1.29 is 36.3 Å². The number of alkyl halides is 3. The number of nitrogens with two attached hydrogens (primary N) is 1. The Hall–Kier alpha value is -3.03. The molecule has 1 heterocycles. The third-order valence-corrected chi connectivity index (χ3v) is 8.12. The van der Waals surface area contributed by atoms with Gasteiger partial charge in [0.05, 0.1) is 27.5 Å². The lowest BCUT2D eigenvalue weighted by atomic mass is 10.00. The first-order valence-electron chi connectivity index (χ1n) is 11.2. The summed E-state index contributed by atoms with van der Waals surface area (Å²) in [5.74, 6) is -1.21. The molecule has 2 aromatic carbocycles. The van der Waals surface area contributed by atoms with E-state index in [9.17, 15) is 31.2 Å². The van der Waals surface area contributed by atoms with Gasteiger partial charge in [0.2, 0.25) is 0 Å². The molecular formula is C23H26ClF3N4O5S. The number of rotatable bonds is 7. The number of carbonyl (C=O) groups is 2. The van der Waals surface area contributed by atoms with Crippen LogP contribution in [0.25, 0.3) is 0 Å². The number of anilines is 2. The molecule has 0 aliphatic carbocycles. The minimum Gasteiger partial charge on any atom is -0.465 e. The average molecular weight is 563 g/mol. The van der Waals surface area contributed by atoms with Crippen molar-refractivity contribution in [1.29, 1.82) is 0 Å². The van der Waals surface area contributed by atoms with E-state index in [-0.39, 0.29) is 45.7 Å². The van der Waals surface area contributed by atoms with Crippen molar-refractivity contribution in [3.8, 4) is 0 Å². The molecule has 37 heavy (non-hydrogen) atoms. The van der Waals surface area contributed by atoms with E-state index in [1.54, 1.807) is 4.90 Å². The number of nitrogens with zero attached hydrogens (tertiary/aromatic N) is 2. The summed E-state index contributed by atoms with van der Waals surface area (Å²) in [5.41, 5.74) is 4.02. The predicted molar refractivity (Wildman–Crippen MR) is 133 cm³/mol. The number of amides is 2. The van der Waals surface area contributed by atoms with Gasteiger partial charge in [0.25, 0.3) is 5.91 Å². The standard InChI is InChI=1S/C23H26ClF3N4O5S/c1-3-37(35,36)20-5-4-14(24)9-19(20)30(2)21(32)16-10-17(23(25,26)27)13(8-18(16)28)11-31-7-6-15(12-31)29-22(33)34/h4-5,8-10,15,29H,3,6-7,11-12,28H2,1-2H3,(H,33,34)/t15-/m1/s1. The third kappa shape index (κ3) is 6.46. The van der Waals surface area contributed by atoms with Gasteiger partial charge in [0.1, 0.15) is 0 Å². The lowest BCUT2D eigenvalue weighted by Crippen LogP contribution is -2.36. The first-order chi connectivity index (χ1) is 17.1. The molecule has 1 aliphatic rings. The van der Waals surface area contributed by atoms with E-state index in [2.05, 4.69) is 5.32 Å². The SMILES string of the molecule is CCS(=O)(=O)c1ccc(Cl)cc1N(C)C(=O)c1cc(C(F)(F)F)c(CN2CC[C@@H](NC(=O)O)C2)cc1N. The molecule has 1 fully saturated rings. The fourth-order valence-corrected chi connectivity index (χ4v) is 5.48. The van der Waals surface area contributed by atoms with Gasteiger partial charge in [0.15, 0.2) is 9.84 Å². The van der Waals surface area contributed by atoms with Crippen molar-refractivity contribution >= 4 is 44.8 Å². The van der Waals surface area contributed by atoms with Crippen LogP contribution in [-0.4, -0.2) is 62.4 Å². The van der Waals surface area contributed by atoms with Gasteiger partial charge in [0, 0.05) is 43.4 Å². The summed E-state index contributed by atoms with van der Waals surface area (Å²) >= 11 is 6.01. The Bertz CT molecular complexity index is 1320. The maximum Gasteiger partial charge on any atom is 0.416 e. The van der Waals surface area contributed by atoms with E-state index in [1.165, 1.54) is 32.2 Å². The topological polar surface area (TPSA) is 133 Å². The van der Waals surface area contributed by atoms with Crippen LogP contribution in [0.3, 0.4) is 0 Å². The van der Waals surface area contributed by atoms with E-state index < -0.39 is 45.2 Å². The normalized spacial score (nSPS) is 16.5. The Labute approximate surface area is 216 Å². The van der Waals surface area contributed by atoms with Crippen LogP contribution in [0.15, 0.2) is 35.2 Å². The Morgan fingerprint density at radius 2 is 1.95 bits per heavy atom. The molecule has 0 unspecified atom stereocenters. The molecule has 3 rings (SSSR count). The summed E-state index contributed by atoms with van der Waals surface area (Å²) in [6.45, 7) is 1.85. The number of carbonyl (C=O) groups excluding carboxylic acids is 1. The first kappa shape index (κ1) is 28.5. The van der Waals surface area contributed by atoms with Crippen LogP contribution in [0.5, 0.6) is 0 Å². The second-order valence-corrected chi connectivity index (χ2v) is 11.3. The molecule has 1 aliphatic heterocycles. The fraction of sp³-hybridized carbons (Fsp3) is 0.391. The van der Waals surface area contributed by atoms with Crippen molar-refractivity contribution in [1.82, 2.24) is 10.2 Å². The lowest BCUT2D eigenvalue weighted by Gasteiger charge is -2.24. The third-order valence-electron chi connectivity index (χ3n) is 6.11. The Kier molecular flexibility index (Phi) is 8.30. The highest BCUT2D eigenvalue weighted by molar-refractivity contribution is 7.91. The van der Waals surface area contributed by atoms with Crippen molar-refractivity contribution in [2.75, 3.05) is 36.5 Å². The van der Waals surface area contributed by atoms with Gasteiger partial charge in [-0.15, -0.1) is 0 Å². The van der Waals surface area contributed by atoms with Crippen molar-refractivity contribution in [3.05, 3.63) is 52.0 Å². The molecule has 0 saturated carbocycles. The number of benzene rings is 2. The molecule has 202 valence electrons. The molecule has 0 radical (unpaired) electrons. The number of nitrogen functional groups attached to an aromatic ring is 1. The fourth-order valence-electron chi connectivity index (χ4n) is 4.21. The Balaban J connectivity index is 1.98. The zero-order valence-corrected chi connectivity index (χ0v) is 21.5. The smallest absolute Gasteiger partial charge is 0.416 e. The summed E-state index contributed by atoms with van der Waals surface area (Å²) in [6, 6.07) is 5.13. The molecule has 2 aromatic rings. The van der Waals surface area contributed by atoms with Gasteiger partial charge in [-0.25, -0.2) is 13.2 Å². The van der Waals surface area contributed by atoms with E-state index in [0.717, 1.165) is 11.0 Å². The number of carboxylic acid groups (broad SMARTS) is 1. The van der Waals surface area contributed by atoms with E-state index in [0.29, 0.717) is 19.0 Å². The Morgan fingerprint density at radius 1 is 1.27 bits per heavy atom. The maximum atomic E-state index is 14.0. The van der Waals surface area contributed by atoms with Gasteiger partial charge in [-0.2, -0.15) is 13.2 Å². The van der Waals surface area contributed by atoms with Crippen molar-refractivity contribution in [2.45, 2.75) is 37.0 Å². The molecule has 0 spiro atoms. The number of likely N-dealkylation sites (tertiary alicyclic amines) is 1. The van der Waals surface area contributed by atoms with Crippen LogP contribution < -0.4 is 16.0 Å². The van der Waals surface area contributed by atoms with Gasteiger partial charge >= 0.3 is 12.3 Å². The molecular weight excluding hydrogens is 537 g/mol. The number of halogens is 4. The van der Waals surface area contributed by atoms with Crippen LogP contribution in [0.4, 0.5) is 29.3 Å². The van der Waals surface area contributed by atoms with Crippen LogP contribution in [0.2, 0.25) is 5.02 Å². The second-order valence-electron chi connectivity index (χ2n) is 8.64. The monoisotopic (exact) mass is 562 g/mol. The lowest BCUT2D eigenvalue weighted by molar-refractivity contribution is -0.138. The maximum absolute atomic E-state index is 14.0. The van der Waals surface area contributed by atoms with Gasteiger partial charge in [-0.05, 0) is 42.3 Å². The molecule has 1 atom stereocenters. The highest BCUT2D eigenvalue weighted by Gasteiger charge is 2.37. The average Bonchev–Trinajstić information content (AvgIpc) is 3.23. The van der Waals surface area contributed by atoms with Gasteiger partial charge in [-0.1, -0.05) is 18.5 Å². The number of nitrogens with one attached hydrogen (secondary N) is 1. The Morgan fingerprint density at radius 3 is 2.54 bits per heavy atom. The first-order valence-corrected chi connectivity index (χ1v) is 13.2. The minimum absolute atomic E-state index is 0.0922. The molecule has 0 bridgehead atoms. The highest BCUT2D eigenvalue weighted by atomic mass is 35.5. The van der Waals surface area contributed by atoms with Crippen LogP contribution in [0, 0.1) is 0 Å². The number of sulfone groups is 1. The van der Waals surface area contributed by atoms with Crippen molar-refractivity contribution in [2.24, 2.45) is 0 Å². The summed E-state index contributed by atoms with van der Waals surface area (Å²) in [6.07, 6.45) is -5.59. The largest absolute Gasteiger partial charge is 0.465 e. The predicted octanol–water partition coefficient (Wildman–Crippen LogP) is 3.85. The zero-order chi connectivity index (χ0) is 27.7. The summed E-state index contributed by atoms with van der Waals surface area (Å²) in [5, 5.41) is 11.3. The summed E-state index contributed by atoms with van der Waals surface area (Å²) < 4.78 is 67.1. The molecule has 14 heteroatoms. The molecule has 4 N–H and O–H groups in total. The van der Waals surface area contributed by atoms with Gasteiger partial charge < -0.3 is 21.1 Å². The summed E-state index contributed by atoms with van der Waals surface area (Å²) in [7, 11) is -2.57. The van der Waals surface area contributed by atoms with Gasteiger partial charge in [-0.3, -0.25) is 9.69 Å². The quantitative estimate of drug-likeness (QED) is 0.436. The number of hydrogen-bond acceptors (Lipinski definition) is 6. The van der Waals surface area contributed by atoms with Crippen LogP contribution in [0.1, 0.15) is 34.8 Å². The van der Waals surface area contributed by atoms with E-state index in [4.69, 9.17) is 22.4 Å². The van der Waals surface area contributed by atoms with E-state index in [1.807, 2.05) is 0 Å². The molecule has 9 nitrogen and oxygen atoms in total. The minimum atomic E-state index is -4.82. The highest BCUT2D eigenvalue weighted by Crippen LogP contribution is 2.37. The second kappa shape index (κ2) is 10.8.